The number of hydrogen-bond donors (Lipinski definition) is 1. The van der Waals surface area contributed by atoms with E-state index in [2.05, 4.69) is 45.9 Å². The molecule has 2 atom stereocenters. The molecule has 2 unspecified atom stereocenters. The van der Waals surface area contributed by atoms with Crippen molar-refractivity contribution in [2.45, 2.75) is 47.1 Å². The second kappa shape index (κ2) is 6.91. The summed E-state index contributed by atoms with van der Waals surface area (Å²) in [6, 6.07) is 0.404. The number of nitrogens with zero attached hydrogens (tertiary/aromatic N) is 4. The van der Waals surface area contributed by atoms with Crippen molar-refractivity contribution >= 4 is 11.9 Å². The molecular weight excluding hydrogens is 266 g/mol. The Labute approximate surface area is 127 Å². The number of hydrogen-bond acceptors (Lipinski definition) is 6. The van der Waals surface area contributed by atoms with E-state index in [0.29, 0.717) is 23.8 Å². The van der Waals surface area contributed by atoms with Crippen LogP contribution in [0.5, 0.6) is 6.01 Å². The van der Waals surface area contributed by atoms with Gasteiger partial charge < -0.3 is 15.0 Å². The number of nitrogens with one attached hydrogen (secondary N) is 1. The van der Waals surface area contributed by atoms with Crippen LogP contribution in [0.1, 0.15) is 41.0 Å². The first kappa shape index (κ1) is 15.8. The molecule has 0 aromatic carbocycles. The molecule has 118 valence electrons. The van der Waals surface area contributed by atoms with Gasteiger partial charge in [-0.1, -0.05) is 20.8 Å². The highest BCUT2D eigenvalue weighted by Gasteiger charge is 2.28. The molecule has 2 heterocycles. The van der Waals surface area contributed by atoms with Crippen LogP contribution in [-0.4, -0.2) is 40.7 Å². The van der Waals surface area contributed by atoms with Crippen LogP contribution < -0.4 is 15.0 Å². The summed E-state index contributed by atoms with van der Waals surface area (Å²) < 4.78 is 5.66. The monoisotopic (exact) mass is 293 g/mol. The van der Waals surface area contributed by atoms with Gasteiger partial charge in [-0.25, -0.2) is 0 Å². The predicted octanol–water partition coefficient (Wildman–Crippen LogP) is 2.57. The number of ether oxygens (including phenoxy) is 1. The Morgan fingerprint density at radius 2 is 1.86 bits per heavy atom. The molecule has 0 spiro atoms. The Morgan fingerprint density at radius 1 is 1.19 bits per heavy atom. The highest BCUT2D eigenvalue weighted by atomic mass is 16.5. The standard InChI is InChI=1S/C15H27N5O/c1-6-7-16-13-17-14(19-15(18-13)21-10(2)3)20-8-11(4)12(5)9-20/h10-12H,6-9H2,1-5H3,(H,16,17,18,19). The summed E-state index contributed by atoms with van der Waals surface area (Å²) in [6.07, 6.45) is 1.08. The van der Waals surface area contributed by atoms with E-state index in [4.69, 9.17) is 4.74 Å². The minimum Gasteiger partial charge on any atom is -0.461 e. The Kier molecular flexibility index (Phi) is 5.20. The summed E-state index contributed by atoms with van der Waals surface area (Å²) in [5.41, 5.74) is 0. The smallest absolute Gasteiger partial charge is 0.323 e. The molecule has 1 aromatic rings. The van der Waals surface area contributed by atoms with Crippen molar-refractivity contribution in [1.29, 1.82) is 0 Å². The Morgan fingerprint density at radius 3 is 2.43 bits per heavy atom. The van der Waals surface area contributed by atoms with Crippen LogP contribution in [0.2, 0.25) is 0 Å². The SMILES string of the molecule is CCCNc1nc(OC(C)C)nc(N2CC(C)C(C)C2)n1. The largest absolute Gasteiger partial charge is 0.461 e. The first-order valence-electron chi connectivity index (χ1n) is 7.91. The van der Waals surface area contributed by atoms with E-state index in [9.17, 15) is 0 Å². The maximum atomic E-state index is 5.66. The van der Waals surface area contributed by atoms with Gasteiger partial charge in [0.25, 0.3) is 0 Å². The molecule has 6 heteroatoms. The van der Waals surface area contributed by atoms with Gasteiger partial charge in [0.2, 0.25) is 11.9 Å². The molecule has 0 bridgehead atoms. The Hall–Kier alpha value is -1.59. The zero-order valence-electron chi connectivity index (χ0n) is 13.8. The van der Waals surface area contributed by atoms with Crippen LogP contribution in [0.3, 0.4) is 0 Å². The maximum absolute atomic E-state index is 5.66. The van der Waals surface area contributed by atoms with Crippen LogP contribution >= 0.6 is 0 Å². The molecule has 2 rings (SSSR count). The summed E-state index contributed by atoms with van der Waals surface area (Å²) in [6.45, 7) is 13.4. The van der Waals surface area contributed by atoms with Crippen molar-refractivity contribution in [3.63, 3.8) is 0 Å². The van der Waals surface area contributed by atoms with Gasteiger partial charge in [-0.3, -0.25) is 0 Å². The molecule has 1 fully saturated rings. The lowest BCUT2D eigenvalue weighted by molar-refractivity contribution is 0.222. The number of aromatic nitrogens is 3. The van der Waals surface area contributed by atoms with Gasteiger partial charge in [0.05, 0.1) is 6.10 Å². The van der Waals surface area contributed by atoms with E-state index in [1.807, 2.05) is 13.8 Å². The van der Waals surface area contributed by atoms with Crippen molar-refractivity contribution < 1.29 is 4.74 Å². The second-order valence-electron chi connectivity index (χ2n) is 6.19. The van der Waals surface area contributed by atoms with Crippen molar-refractivity contribution in [3.05, 3.63) is 0 Å². The van der Waals surface area contributed by atoms with Gasteiger partial charge in [-0.15, -0.1) is 0 Å². The molecule has 1 aromatic heterocycles. The van der Waals surface area contributed by atoms with E-state index in [1.165, 1.54) is 0 Å². The summed E-state index contributed by atoms with van der Waals surface area (Å²) in [5, 5.41) is 3.23. The Bertz CT molecular complexity index is 455. The predicted molar refractivity (Wildman–Crippen MR) is 84.9 cm³/mol. The third-order valence-electron chi connectivity index (χ3n) is 3.75. The summed E-state index contributed by atoms with van der Waals surface area (Å²) >= 11 is 0. The molecule has 0 saturated carbocycles. The molecule has 1 N–H and O–H groups in total. The first-order chi connectivity index (χ1) is 9.99. The average molecular weight is 293 g/mol. The number of rotatable bonds is 6. The fourth-order valence-electron chi connectivity index (χ4n) is 2.36. The minimum atomic E-state index is 0.0516. The zero-order valence-corrected chi connectivity index (χ0v) is 13.8. The summed E-state index contributed by atoms with van der Waals surface area (Å²) in [7, 11) is 0. The van der Waals surface area contributed by atoms with Gasteiger partial charge in [-0.05, 0) is 32.1 Å². The maximum Gasteiger partial charge on any atom is 0.323 e. The van der Waals surface area contributed by atoms with E-state index >= 15 is 0 Å². The first-order valence-corrected chi connectivity index (χ1v) is 7.91. The highest BCUT2D eigenvalue weighted by Crippen LogP contribution is 2.26. The van der Waals surface area contributed by atoms with Crippen LogP contribution in [-0.2, 0) is 0 Å². The van der Waals surface area contributed by atoms with Gasteiger partial charge in [-0.2, -0.15) is 15.0 Å². The quantitative estimate of drug-likeness (QED) is 0.869. The molecule has 0 aliphatic carbocycles. The van der Waals surface area contributed by atoms with E-state index in [0.717, 1.165) is 32.0 Å². The van der Waals surface area contributed by atoms with Gasteiger partial charge in [0.1, 0.15) is 0 Å². The molecule has 21 heavy (non-hydrogen) atoms. The van der Waals surface area contributed by atoms with Crippen molar-refractivity contribution in [2.75, 3.05) is 29.9 Å². The normalized spacial score (nSPS) is 21.9. The van der Waals surface area contributed by atoms with Crippen LogP contribution in [0.4, 0.5) is 11.9 Å². The van der Waals surface area contributed by atoms with Gasteiger partial charge in [0.15, 0.2) is 0 Å². The fraction of sp³-hybridized carbons (Fsp3) is 0.800. The summed E-state index contributed by atoms with van der Waals surface area (Å²) in [5.74, 6) is 2.63. The lowest BCUT2D eigenvalue weighted by atomic mass is 10.0. The van der Waals surface area contributed by atoms with Gasteiger partial charge >= 0.3 is 6.01 Å². The molecule has 1 aliphatic rings. The minimum absolute atomic E-state index is 0.0516. The lowest BCUT2D eigenvalue weighted by Crippen LogP contribution is -2.24. The van der Waals surface area contributed by atoms with Gasteiger partial charge in [0, 0.05) is 19.6 Å². The van der Waals surface area contributed by atoms with Crippen LogP contribution in [0, 0.1) is 11.8 Å². The zero-order chi connectivity index (χ0) is 15.4. The van der Waals surface area contributed by atoms with E-state index < -0.39 is 0 Å². The molecule has 6 nitrogen and oxygen atoms in total. The third kappa shape index (κ3) is 4.19. The average Bonchev–Trinajstić information content (AvgIpc) is 2.75. The fourth-order valence-corrected chi connectivity index (χ4v) is 2.36. The molecule has 1 aliphatic heterocycles. The topological polar surface area (TPSA) is 63.2 Å². The van der Waals surface area contributed by atoms with Crippen molar-refractivity contribution in [2.24, 2.45) is 11.8 Å². The molecular formula is C15H27N5O. The van der Waals surface area contributed by atoms with Crippen LogP contribution in [0.25, 0.3) is 0 Å². The number of anilines is 2. The molecule has 0 amide bonds. The van der Waals surface area contributed by atoms with Crippen LogP contribution in [0.15, 0.2) is 0 Å². The second-order valence-corrected chi connectivity index (χ2v) is 6.19. The van der Waals surface area contributed by atoms with Crippen molar-refractivity contribution in [1.82, 2.24) is 15.0 Å². The van der Waals surface area contributed by atoms with E-state index in [1.54, 1.807) is 0 Å². The van der Waals surface area contributed by atoms with Crippen molar-refractivity contribution in [3.8, 4) is 6.01 Å². The third-order valence-corrected chi connectivity index (χ3v) is 3.75. The summed E-state index contributed by atoms with van der Waals surface area (Å²) in [4.78, 5) is 15.6. The lowest BCUT2D eigenvalue weighted by Gasteiger charge is -2.18. The van der Waals surface area contributed by atoms with E-state index in [-0.39, 0.29) is 6.10 Å². The Balaban J connectivity index is 2.22. The highest BCUT2D eigenvalue weighted by molar-refractivity contribution is 5.39. The molecule has 1 saturated heterocycles. The molecule has 0 radical (unpaired) electrons.